The fourth-order valence-electron chi connectivity index (χ4n) is 3.62. The molecule has 0 aromatic heterocycles. The number of nitrogens with one attached hydrogen (secondary N) is 1. The van der Waals surface area contributed by atoms with Gasteiger partial charge in [0.25, 0.3) is 0 Å². The highest BCUT2D eigenvalue weighted by Gasteiger charge is 2.51. The van der Waals surface area contributed by atoms with Crippen LogP contribution in [0.25, 0.3) is 0 Å². The lowest BCUT2D eigenvalue weighted by molar-refractivity contribution is -0.146. The Kier molecular flexibility index (Phi) is 3.98. The van der Waals surface area contributed by atoms with Gasteiger partial charge in [0.05, 0.1) is 26.1 Å². The van der Waals surface area contributed by atoms with Crippen molar-refractivity contribution in [2.75, 3.05) is 19.5 Å². The van der Waals surface area contributed by atoms with E-state index in [2.05, 4.69) is 5.32 Å². The van der Waals surface area contributed by atoms with Crippen LogP contribution >= 0.6 is 0 Å². The number of benzene rings is 1. The fraction of sp³-hybridized carbons (Fsp3) is 0.412. The Labute approximate surface area is 134 Å². The van der Waals surface area contributed by atoms with E-state index < -0.39 is 17.8 Å². The summed E-state index contributed by atoms with van der Waals surface area (Å²) in [6.45, 7) is 0. The molecule has 23 heavy (non-hydrogen) atoms. The quantitative estimate of drug-likeness (QED) is 0.813. The van der Waals surface area contributed by atoms with Crippen molar-refractivity contribution in [1.29, 1.82) is 0 Å². The van der Waals surface area contributed by atoms with Crippen LogP contribution in [-0.4, -0.2) is 31.2 Å². The van der Waals surface area contributed by atoms with E-state index in [1.807, 2.05) is 12.2 Å². The van der Waals surface area contributed by atoms with Crippen LogP contribution < -0.4 is 14.8 Å². The number of hydrogen-bond acceptors (Lipinski definition) is 4. The number of carboxylic acid groups (broad SMARTS) is 1. The van der Waals surface area contributed by atoms with E-state index in [0.717, 1.165) is 6.42 Å². The highest BCUT2D eigenvalue weighted by Crippen LogP contribution is 2.48. The molecule has 3 rings (SSSR count). The molecule has 6 heteroatoms. The second-order valence-corrected chi connectivity index (χ2v) is 5.93. The number of rotatable bonds is 5. The molecule has 2 bridgehead atoms. The number of carbonyl (C=O) groups is 2. The summed E-state index contributed by atoms with van der Waals surface area (Å²) in [5.74, 6) is -1.32. The molecule has 2 aliphatic rings. The number of allylic oxidation sites excluding steroid dienone is 2. The lowest BCUT2D eigenvalue weighted by Crippen LogP contribution is -2.36. The first kappa shape index (κ1) is 15.4. The van der Waals surface area contributed by atoms with Crippen molar-refractivity contribution in [2.24, 2.45) is 23.7 Å². The summed E-state index contributed by atoms with van der Waals surface area (Å²) in [7, 11) is 3.06. The van der Waals surface area contributed by atoms with Crippen LogP contribution in [0.1, 0.15) is 6.42 Å². The molecule has 1 saturated carbocycles. The molecule has 2 N–H and O–H groups in total. The van der Waals surface area contributed by atoms with Gasteiger partial charge in [-0.25, -0.2) is 0 Å². The Morgan fingerprint density at radius 1 is 1.04 bits per heavy atom. The number of ether oxygens (including phenoxy) is 2. The van der Waals surface area contributed by atoms with E-state index in [4.69, 9.17) is 9.47 Å². The maximum absolute atomic E-state index is 12.6. The van der Waals surface area contributed by atoms with E-state index >= 15 is 0 Å². The van der Waals surface area contributed by atoms with Crippen LogP contribution in [0, 0.1) is 23.7 Å². The summed E-state index contributed by atoms with van der Waals surface area (Å²) in [6, 6.07) is 5.06. The average molecular weight is 317 g/mol. The van der Waals surface area contributed by atoms with Gasteiger partial charge in [0.15, 0.2) is 0 Å². The Bertz CT molecular complexity index is 647. The molecule has 1 fully saturated rings. The number of anilines is 1. The third kappa shape index (κ3) is 2.76. The topological polar surface area (TPSA) is 84.9 Å². The predicted octanol–water partition coefficient (Wildman–Crippen LogP) is 2.17. The maximum Gasteiger partial charge on any atom is 0.307 e. The number of carboxylic acids is 1. The predicted molar refractivity (Wildman–Crippen MR) is 83.5 cm³/mol. The Balaban J connectivity index is 1.82. The molecule has 1 amide bonds. The Morgan fingerprint density at radius 3 is 2.13 bits per heavy atom. The molecule has 1 aromatic rings. The zero-order chi connectivity index (χ0) is 16.6. The molecule has 2 aliphatic carbocycles. The lowest BCUT2D eigenvalue weighted by Gasteiger charge is -2.24. The van der Waals surface area contributed by atoms with Gasteiger partial charge >= 0.3 is 5.97 Å². The number of aliphatic carboxylic acids is 1. The molecule has 6 nitrogen and oxygen atoms in total. The zero-order valence-corrected chi connectivity index (χ0v) is 13.0. The molecule has 0 radical (unpaired) electrons. The second-order valence-electron chi connectivity index (χ2n) is 5.93. The van der Waals surface area contributed by atoms with Crippen molar-refractivity contribution in [1.82, 2.24) is 0 Å². The van der Waals surface area contributed by atoms with Gasteiger partial charge in [0, 0.05) is 23.9 Å². The van der Waals surface area contributed by atoms with Gasteiger partial charge in [0.1, 0.15) is 11.5 Å². The van der Waals surface area contributed by atoms with E-state index in [9.17, 15) is 14.7 Å². The summed E-state index contributed by atoms with van der Waals surface area (Å²) >= 11 is 0. The summed E-state index contributed by atoms with van der Waals surface area (Å²) < 4.78 is 10.4. The smallest absolute Gasteiger partial charge is 0.307 e. The lowest BCUT2D eigenvalue weighted by atomic mass is 9.82. The van der Waals surface area contributed by atoms with Crippen LogP contribution in [0.5, 0.6) is 11.5 Å². The summed E-state index contributed by atoms with van der Waals surface area (Å²) in [5, 5.41) is 12.2. The third-order valence-corrected chi connectivity index (χ3v) is 4.67. The van der Waals surface area contributed by atoms with E-state index in [1.54, 1.807) is 18.2 Å². The minimum atomic E-state index is -0.912. The first-order valence-electron chi connectivity index (χ1n) is 7.48. The highest BCUT2D eigenvalue weighted by atomic mass is 16.5. The Morgan fingerprint density at radius 2 is 1.61 bits per heavy atom. The standard InChI is InChI=1S/C17H19NO5/c1-22-12-6-11(7-13(8-12)23-2)18-16(19)14-9-3-4-10(5-9)15(14)17(20)21/h3-4,6-10,14-15H,5H2,1-2H3,(H,18,19)(H,20,21)/t9-,10+,14+,15+/m1/s1. The molecule has 0 spiro atoms. The number of fused-ring (bicyclic) bond motifs is 2. The molecule has 0 unspecified atom stereocenters. The molecular weight excluding hydrogens is 298 g/mol. The van der Waals surface area contributed by atoms with Gasteiger partial charge in [-0.3, -0.25) is 9.59 Å². The summed E-state index contributed by atoms with van der Waals surface area (Å²) in [5.41, 5.74) is 0.530. The molecule has 0 aliphatic heterocycles. The SMILES string of the molecule is COc1cc(NC(=O)[C@@H]2[C@@H](C(=O)O)[C@H]3C=C[C@@H]2C3)cc(OC)c1. The maximum atomic E-state index is 12.6. The fourth-order valence-corrected chi connectivity index (χ4v) is 3.62. The first-order valence-corrected chi connectivity index (χ1v) is 7.48. The normalized spacial score (nSPS) is 27.7. The van der Waals surface area contributed by atoms with Crippen molar-refractivity contribution in [3.63, 3.8) is 0 Å². The highest BCUT2D eigenvalue weighted by molar-refractivity contribution is 5.96. The van der Waals surface area contributed by atoms with Gasteiger partial charge in [-0.05, 0) is 18.3 Å². The number of carbonyl (C=O) groups excluding carboxylic acids is 1. The van der Waals surface area contributed by atoms with Crippen molar-refractivity contribution < 1.29 is 24.2 Å². The second kappa shape index (κ2) is 5.95. The van der Waals surface area contributed by atoms with Crippen molar-refractivity contribution in [3.05, 3.63) is 30.4 Å². The number of methoxy groups -OCH3 is 2. The van der Waals surface area contributed by atoms with Crippen LogP contribution in [-0.2, 0) is 9.59 Å². The van der Waals surface area contributed by atoms with Crippen LogP contribution in [0.4, 0.5) is 5.69 Å². The molecule has 0 heterocycles. The van der Waals surface area contributed by atoms with Gasteiger partial charge in [-0.1, -0.05) is 12.2 Å². The average Bonchev–Trinajstić information content (AvgIpc) is 3.15. The summed E-state index contributed by atoms with van der Waals surface area (Å²) in [4.78, 5) is 24.1. The van der Waals surface area contributed by atoms with Crippen molar-refractivity contribution in [3.8, 4) is 11.5 Å². The molecule has 4 atom stereocenters. The molecular formula is C17H19NO5. The minimum Gasteiger partial charge on any atom is -0.497 e. The van der Waals surface area contributed by atoms with E-state index in [-0.39, 0.29) is 17.7 Å². The van der Waals surface area contributed by atoms with Gasteiger partial charge in [-0.2, -0.15) is 0 Å². The molecule has 122 valence electrons. The largest absolute Gasteiger partial charge is 0.497 e. The van der Waals surface area contributed by atoms with Crippen molar-refractivity contribution >= 4 is 17.6 Å². The number of amides is 1. The molecule has 0 saturated heterocycles. The first-order chi connectivity index (χ1) is 11.0. The third-order valence-electron chi connectivity index (χ3n) is 4.67. The molecule has 1 aromatic carbocycles. The number of hydrogen-bond donors (Lipinski definition) is 2. The van der Waals surface area contributed by atoms with Crippen LogP contribution in [0.2, 0.25) is 0 Å². The van der Waals surface area contributed by atoms with Crippen LogP contribution in [0.3, 0.4) is 0 Å². The van der Waals surface area contributed by atoms with Crippen LogP contribution in [0.15, 0.2) is 30.4 Å². The van der Waals surface area contributed by atoms with Gasteiger partial charge in [0.2, 0.25) is 5.91 Å². The monoisotopic (exact) mass is 317 g/mol. The zero-order valence-electron chi connectivity index (χ0n) is 13.0. The Hall–Kier alpha value is -2.50. The minimum absolute atomic E-state index is 0.00592. The van der Waals surface area contributed by atoms with Gasteiger partial charge < -0.3 is 19.9 Å². The summed E-state index contributed by atoms with van der Waals surface area (Å²) in [6.07, 6.45) is 4.61. The van der Waals surface area contributed by atoms with Crippen molar-refractivity contribution in [2.45, 2.75) is 6.42 Å². The van der Waals surface area contributed by atoms with E-state index in [1.165, 1.54) is 14.2 Å². The van der Waals surface area contributed by atoms with Gasteiger partial charge in [-0.15, -0.1) is 0 Å². The van der Waals surface area contributed by atoms with E-state index in [0.29, 0.717) is 17.2 Å².